The van der Waals surface area contributed by atoms with Crippen LogP contribution in [0.3, 0.4) is 0 Å². The minimum Gasteiger partial charge on any atom is -0.354 e. The van der Waals surface area contributed by atoms with Crippen molar-refractivity contribution in [1.29, 1.82) is 0 Å². The minimum atomic E-state index is -0.186. The molecule has 0 aliphatic rings. The summed E-state index contributed by atoms with van der Waals surface area (Å²) in [6.07, 6.45) is 2.02. The van der Waals surface area contributed by atoms with Crippen LogP contribution in [-0.4, -0.2) is 48.5 Å². The van der Waals surface area contributed by atoms with Gasteiger partial charge in [0, 0.05) is 50.6 Å². The Kier molecular flexibility index (Phi) is 10.2. The van der Waals surface area contributed by atoms with Gasteiger partial charge in [-0.05, 0) is 34.1 Å². The standard InChI is InChI=1S/C18H23BrClN5O.HI/c1-21-18(25(3)12-14-10-13(19)11-24(14)2)23-9-8-22-17(26)15-6-4-5-7-16(15)20;/h4-7,10-11H,8-9,12H2,1-3H3,(H,21,23)(H,22,26);1H. The molecule has 0 aliphatic heterocycles. The molecule has 0 fully saturated rings. The number of guanidine groups is 1. The highest BCUT2D eigenvalue weighted by atomic mass is 127. The van der Waals surface area contributed by atoms with Crippen LogP contribution >= 0.6 is 51.5 Å². The van der Waals surface area contributed by atoms with Gasteiger partial charge in [-0.25, -0.2) is 0 Å². The van der Waals surface area contributed by atoms with E-state index in [0.717, 1.165) is 16.1 Å². The molecule has 9 heteroatoms. The Morgan fingerprint density at radius 3 is 2.56 bits per heavy atom. The Morgan fingerprint density at radius 2 is 1.96 bits per heavy atom. The SMILES string of the molecule is CN=C(NCCNC(=O)c1ccccc1Cl)N(C)Cc1cc(Br)cn1C.I. The lowest BCUT2D eigenvalue weighted by Crippen LogP contribution is -2.42. The van der Waals surface area contributed by atoms with Crippen molar-refractivity contribution in [2.24, 2.45) is 12.0 Å². The molecule has 27 heavy (non-hydrogen) atoms. The van der Waals surface area contributed by atoms with E-state index in [2.05, 4.69) is 42.2 Å². The van der Waals surface area contributed by atoms with E-state index in [1.165, 1.54) is 0 Å². The molecule has 0 saturated heterocycles. The third-order valence-electron chi connectivity index (χ3n) is 3.86. The molecular formula is C18H24BrClIN5O. The van der Waals surface area contributed by atoms with E-state index in [-0.39, 0.29) is 29.9 Å². The van der Waals surface area contributed by atoms with Crippen LogP contribution in [0, 0.1) is 0 Å². The van der Waals surface area contributed by atoms with Crippen molar-refractivity contribution < 1.29 is 4.79 Å². The number of amides is 1. The maximum Gasteiger partial charge on any atom is 0.252 e. The van der Waals surface area contributed by atoms with E-state index in [0.29, 0.717) is 30.2 Å². The van der Waals surface area contributed by atoms with Crippen molar-refractivity contribution in [1.82, 2.24) is 20.1 Å². The van der Waals surface area contributed by atoms with E-state index in [4.69, 9.17) is 11.6 Å². The molecule has 2 aromatic rings. The van der Waals surface area contributed by atoms with Gasteiger partial charge in [0.05, 0.1) is 17.1 Å². The predicted molar refractivity (Wildman–Crippen MR) is 125 cm³/mol. The summed E-state index contributed by atoms with van der Waals surface area (Å²) >= 11 is 9.51. The summed E-state index contributed by atoms with van der Waals surface area (Å²) < 4.78 is 3.12. The zero-order chi connectivity index (χ0) is 19.1. The first-order valence-corrected chi connectivity index (χ1v) is 9.34. The van der Waals surface area contributed by atoms with E-state index in [1.807, 2.05) is 25.2 Å². The topological polar surface area (TPSA) is 61.7 Å². The normalized spacial score (nSPS) is 10.9. The Hall–Kier alpha value is -1.26. The van der Waals surface area contributed by atoms with Crippen molar-refractivity contribution in [2.75, 3.05) is 27.2 Å². The molecule has 0 bridgehead atoms. The second-order valence-corrected chi connectivity index (χ2v) is 7.15. The van der Waals surface area contributed by atoms with Gasteiger partial charge in [-0.1, -0.05) is 23.7 Å². The van der Waals surface area contributed by atoms with Crippen LogP contribution in [0.15, 0.2) is 46.0 Å². The van der Waals surface area contributed by atoms with Crippen molar-refractivity contribution >= 4 is 63.4 Å². The van der Waals surface area contributed by atoms with Crippen LogP contribution < -0.4 is 10.6 Å². The average molecular weight is 569 g/mol. The number of nitrogens with zero attached hydrogens (tertiary/aromatic N) is 3. The van der Waals surface area contributed by atoms with Crippen LogP contribution in [0.5, 0.6) is 0 Å². The number of aliphatic imine (C=N–C) groups is 1. The highest BCUT2D eigenvalue weighted by molar-refractivity contribution is 14.0. The molecule has 0 unspecified atom stereocenters. The number of aromatic nitrogens is 1. The molecule has 2 N–H and O–H groups in total. The Morgan fingerprint density at radius 1 is 1.30 bits per heavy atom. The number of carbonyl (C=O) groups is 1. The monoisotopic (exact) mass is 567 g/mol. The Labute approximate surface area is 190 Å². The van der Waals surface area contributed by atoms with E-state index < -0.39 is 0 Å². The van der Waals surface area contributed by atoms with Gasteiger partial charge in [0.15, 0.2) is 5.96 Å². The fourth-order valence-electron chi connectivity index (χ4n) is 2.52. The number of hydrogen-bond donors (Lipinski definition) is 2. The molecule has 0 aliphatic carbocycles. The summed E-state index contributed by atoms with van der Waals surface area (Å²) in [5.74, 6) is 0.573. The molecular weight excluding hydrogens is 544 g/mol. The zero-order valence-corrected chi connectivity index (χ0v) is 20.2. The molecule has 0 radical (unpaired) electrons. The van der Waals surface area contributed by atoms with Gasteiger partial charge in [0.2, 0.25) is 0 Å². The van der Waals surface area contributed by atoms with E-state index >= 15 is 0 Å². The molecule has 2 rings (SSSR count). The maximum atomic E-state index is 12.1. The Balaban J connectivity index is 0.00000364. The van der Waals surface area contributed by atoms with Gasteiger partial charge >= 0.3 is 0 Å². The van der Waals surface area contributed by atoms with Gasteiger partial charge < -0.3 is 20.1 Å². The first-order chi connectivity index (χ1) is 12.4. The van der Waals surface area contributed by atoms with Crippen LogP contribution in [0.1, 0.15) is 16.1 Å². The van der Waals surface area contributed by atoms with Gasteiger partial charge in [0.25, 0.3) is 5.91 Å². The van der Waals surface area contributed by atoms with Crippen molar-refractivity contribution in [3.8, 4) is 0 Å². The number of aryl methyl sites for hydroxylation is 1. The molecule has 1 aromatic heterocycles. The van der Waals surface area contributed by atoms with Crippen molar-refractivity contribution in [3.05, 3.63) is 57.3 Å². The largest absolute Gasteiger partial charge is 0.354 e. The number of carbonyl (C=O) groups excluding carboxylic acids is 1. The molecule has 0 spiro atoms. The molecule has 1 aromatic carbocycles. The third-order valence-corrected chi connectivity index (χ3v) is 4.62. The van der Waals surface area contributed by atoms with Gasteiger partial charge in [-0.15, -0.1) is 24.0 Å². The number of halogens is 3. The highest BCUT2D eigenvalue weighted by Crippen LogP contribution is 2.15. The number of benzene rings is 1. The third kappa shape index (κ3) is 7.00. The summed E-state index contributed by atoms with van der Waals surface area (Å²) in [6, 6.07) is 9.07. The van der Waals surface area contributed by atoms with Crippen molar-refractivity contribution in [2.45, 2.75) is 6.54 Å². The first-order valence-electron chi connectivity index (χ1n) is 8.17. The molecule has 1 heterocycles. The minimum absolute atomic E-state index is 0. The highest BCUT2D eigenvalue weighted by Gasteiger charge is 2.11. The molecule has 0 saturated carbocycles. The summed E-state index contributed by atoms with van der Waals surface area (Å²) in [5, 5.41) is 6.54. The van der Waals surface area contributed by atoms with Crippen LogP contribution in [0.25, 0.3) is 0 Å². The summed E-state index contributed by atoms with van der Waals surface area (Å²) in [7, 11) is 5.72. The van der Waals surface area contributed by atoms with Gasteiger partial charge in [-0.2, -0.15) is 0 Å². The second-order valence-electron chi connectivity index (χ2n) is 5.83. The average Bonchev–Trinajstić information content (AvgIpc) is 2.92. The first kappa shape index (κ1) is 23.8. The van der Waals surface area contributed by atoms with Gasteiger partial charge in [0.1, 0.15) is 0 Å². The fourth-order valence-corrected chi connectivity index (χ4v) is 3.31. The Bertz CT molecular complexity index is 796. The van der Waals surface area contributed by atoms with Crippen LogP contribution in [-0.2, 0) is 13.6 Å². The van der Waals surface area contributed by atoms with Crippen molar-refractivity contribution in [3.63, 3.8) is 0 Å². The summed E-state index contributed by atoms with van der Waals surface area (Å²) in [4.78, 5) is 18.4. The molecule has 6 nitrogen and oxygen atoms in total. The maximum absolute atomic E-state index is 12.1. The fraction of sp³-hybridized carbons (Fsp3) is 0.333. The molecule has 1 amide bonds. The van der Waals surface area contributed by atoms with E-state index in [1.54, 1.807) is 31.3 Å². The predicted octanol–water partition coefficient (Wildman–Crippen LogP) is 3.50. The quantitative estimate of drug-likeness (QED) is 0.243. The lowest BCUT2D eigenvalue weighted by molar-refractivity contribution is 0.0954. The molecule has 148 valence electrons. The smallest absolute Gasteiger partial charge is 0.252 e. The second kappa shape index (κ2) is 11.6. The van der Waals surface area contributed by atoms with Crippen LogP contribution in [0.2, 0.25) is 5.02 Å². The number of nitrogens with one attached hydrogen (secondary N) is 2. The lowest BCUT2D eigenvalue weighted by atomic mass is 10.2. The number of hydrogen-bond acceptors (Lipinski definition) is 2. The molecule has 0 atom stereocenters. The number of rotatable bonds is 6. The zero-order valence-electron chi connectivity index (χ0n) is 15.5. The summed E-state index contributed by atoms with van der Waals surface area (Å²) in [6.45, 7) is 1.74. The summed E-state index contributed by atoms with van der Waals surface area (Å²) in [5.41, 5.74) is 1.64. The van der Waals surface area contributed by atoms with E-state index in [9.17, 15) is 4.79 Å². The lowest BCUT2D eigenvalue weighted by Gasteiger charge is -2.22. The van der Waals surface area contributed by atoms with Crippen LogP contribution in [0.4, 0.5) is 0 Å². The van der Waals surface area contributed by atoms with Gasteiger partial charge in [-0.3, -0.25) is 9.79 Å².